The standard InChI is InChI=1S/C32H33N5O4/c1-21-5-9-25(10-6-21)28-27(24-11-7-22(17-33)8-12-24)35-30(29-34-26(14-16-38)19-37(28)29)40-20-23-13-15-36(18-23)31(39)41-32(2,3)4/h5-12,16,19,23H,13-15,18,20H2,1-4H3/t23-/m1/s1. The molecule has 0 saturated carbocycles. The molecule has 9 heteroatoms. The minimum atomic E-state index is -0.553. The normalized spacial score (nSPS) is 15.1. The number of aldehydes is 1. The third-order valence-electron chi connectivity index (χ3n) is 6.92. The smallest absolute Gasteiger partial charge is 0.410 e. The van der Waals surface area contributed by atoms with Crippen LogP contribution in [0, 0.1) is 24.2 Å². The molecule has 1 fully saturated rings. The van der Waals surface area contributed by atoms with Gasteiger partial charge in [-0.1, -0.05) is 42.0 Å². The van der Waals surface area contributed by atoms with Gasteiger partial charge < -0.3 is 19.2 Å². The van der Waals surface area contributed by atoms with Gasteiger partial charge in [-0.15, -0.1) is 0 Å². The summed E-state index contributed by atoms with van der Waals surface area (Å²) in [6, 6.07) is 17.6. The summed E-state index contributed by atoms with van der Waals surface area (Å²) < 4.78 is 13.8. The molecule has 0 radical (unpaired) electrons. The number of nitriles is 1. The van der Waals surface area contributed by atoms with Gasteiger partial charge in [0.25, 0.3) is 5.88 Å². The average Bonchev–Trinajstić information content (AvgIpc) is 3.59. The monoisotopic (exact) mass is 551 g/mol. The Hall–Kier alpha value is -4.71. The molecule has 0 aliphatic carbocycles. The molecule has 9 nitrogen and oxygen atoms in total. The van der Waals surface area contributed by atoms with Crippen molar-refractivity contribution in [2.75, 3.05) is 19.7 Å². The van der Waals surface area contributed by atoms with E-state index in [2.05, 4.69) is 6.07 Å². The number of amides is 1. The number of carbonyl (C=O) groups is 2. The van der Waals surface area contributed by atoms with Crippen LogP contribution in [0.4, 0.5) is 4.79 Å². The number of nitrogens with zero attached hydrogens (tertiary/aromatic N) is 5. The fraction of sp³-hybridized carbons (Fsp3) is 0.344. The molecule has 210 valence electrons. The van der Waals surface area contributed by atoms with Crippen molar-refractivity contribution in [3.63, 3.8) is 0 Å². The Balaban J connectivity index is 1.54. The maximum atomic E-state index is 12.5. The minimum Gasteiger partial charge on any atom is -0.475 e. The van der Waals surface area contributed by atoms with Crippen LogP contribution in [0.1, 0.15) is 44.0 Å². The highest BCUT2D eigenvalue weighted by Gasteiger charge is 2.31. The van der Waals surface area contributed by atoms with Crippen LogP contribution in [-0.2, 0) is 16.0 Å². The van der Waals surface area contributed by atoms with E-state index in [1.807, 2.05) is 74.7 Å². The van der Waals surface area contributed by atoms with E-state index in [-0.39, 0.29) is 18.4 Å². The van der Waals surface area contributed by atoms with Gasteiger partial charge in [0.2, 0.25) is 5.65 Å². The van der Waals surface area contributed by atoms with Crippen molar-refractivity contribution in [2.24, 2.45) is 5.92 Å². The highest BCUT2D eigenvalue weighted by molar-refractivity contribution is 5.82. The van der Waals surface area contributed by atoms with Crippen LogP contribution >= 0.6 is 0 Å². The molecule has 0 bridgehead atoms. The highest BCUT2D eigenvalue weighted by Crippen LogP contribution is 2.36. The molecule has 1 aliphatic heterocycles. The molecule has 3 heterocycles. The first-order valence-corrected chi connectivity index (χ1v) is 13.7. The molecular weight excluding hydrogens is 518 g/mol. The van der Waals surface area contributed by atoms with Crippen molar-refractivity contribution >= 4 is 18.0 Å². The van der Waals surface area contributed by atoms with E-state index in [0.717, 1.165) is 35.1 Å². The van der Waals surface area contributed by atoms with Crippen LogP contribution in [-0.4, -0.2) is 56.9 Å². The molecule has 1 amide bonds. The van der Waals surface area contributed by atoms with Crippen LogP contribution in [0.25, 0.3) is 28.2 Å². The van der Waals surface area contributed by atoms with Gasteiger partial charge in [-0.25, -0.2) is 14.8 Å². The molecular formula is C32H33N5O4. The largest absolute Gasteiger partial charge is 0.475 e. The van der Waals surface area contributed by atoms with Crippen molar-refractivity contribution < 1.29 is 19.1 Å². The van der Waals surface area contributed by atoms with E-state index in [1.54, 1.807) is 17.0 Å². The van der Waals surface area contributed by atoms with Crippen molar-refractivity contribution in [3.8, 4) is 34.5 Å². The Kier molecular flexibility index (Phi) is 7.75. The van der Waals surface area contributed by atoms with Crippen molar-refractivity contribution in [1.29, 1.82) is 5.26 Å². The summed E-state index contributed by atoms with van der Waals surface area (Å²) in [6.45, 7) is 9.06. The SMILES string of the molecule is Cc1ccc(-c2c(-c3ccc(C#N)cc3)nc(OC[C@@H]3CCN(C(=O)OC(C)(C)C)C3)c3nc(CC=O)cn23)cc1. The number of aryl methyl sites for hydroxylation is 1. The Labute approximate surface area is 239 Å². The summed E-state index contributed by atoms with van der Waals surface area (Å²) in [5, 5.41) is 9.32. The number of likely N-dealkylation sites (tertiary alicyclic amines) is 1. The molecule has 1 saturated heterocycles. The molecule has 2 aromatic carbocycles. The van der Waals surface area contributed by atoms with Crippen LogP contribution in [0.3, 0.4) is 0 Å². The second-order valence-corrected chi connectivity index (χ2v) is 11.4. The number of hydrogen-bond acceptors (Lipinski definition) is 7. The number of benzene rings is 2. The number of carbonyl (C=O) groups excluding carboxylic acids is 2. The zero-order chi connectivity index (χ0) is 29.1. The zero-order valence-corrected chi connectivity index (χ0v) is 23.8. The first-order valence-electron chi connectivity index (χ1n) is 13.7. The number of fused-ring (bicyclic) bond motifs is 1. The molecule has 1 aliphatic rings. The van der Waals surface area contributed by atoms with E-state index in [1.165, 1.54) is 0 Å². The first kappa shape index (κ1) is 27.8. The molecule has 1 atom stereocenters. The number of imidazole rings is 1. The Morgan fingerprint density at radius 2 is 1.80 bits per heavy atom. The molecule has 0 unspecified atom stereocenters. The number of ether oxygens (including phenoxy) is 2. The van der Waals surface area contributed by atoms with Gasteiger partial charge in [-0.3, -0.25) is 4.40 Å². The topological polar surface area (TPSA) is 110 Å². The van der Waals surface area contributed by atoms with Gasteiger partial charge in [-0.05, 0) is 46.2 Å². The lowest BCUT2D eigenvalue weighted by Crippen LogP contribution is -2.35. The van der Waals surface area contributed by atoms with Crippen LogP contribution in [0.15, 0.2) is 54.7 Å². The number of hydrogen-bond donors (Lipinski definition) is 0. The van der Waals surface area contributed by atoms with Gasteiger partial charge in [0.05, 0.1) is 35.3 Å². The maximum absolute atomic E-state index is 12.5. The summed E-state index contributed by atoms with van der Waals surface area (Å²) >= 11 is 0. The molecule has 0 N–H and O–H groups in total. The van der Waals surface area contributed by atoms with Gasteiger partial charge in [-0.2, -0.15) is 5.26 Å². The molecule has 41 heavy (non-hydrogen) atoms. The van der Waals surface area contributed by atoms with Gasteiger partial charge in [0, 0.05) is 42.8 Å². The predicted molar refractivity (Wildman–Crippen MR) is 154 cm³/mol. The van der Waals surface area contributed by atoms with Gasteiger partial charge in [0.1, 0.15) is 11.9 Å². The molecule has 4 aromatic rings. The third-order valence-corrected chi connectivity index (χ3v) is 6.92. The lowest BCUT2D eigenvalue weighted by Gasteiger charge is -2.24. The first-order chi connectivity index (χ1) is 19.6. The highest BCUT2D eigenvalue weighted by atomic mass is 16.6. The summed E-state index contributed by atoms with van der Waals surface area (Å²) in [4.78, 5) is 35.3. The van der Waals surface area contributed by atoms with E-state index in [0.29, 0.717) is 48.2 Å². The quantitative estimate of drug-likeness (QED) is 0.274. The molecule has 5 rings (SSSR count). The summed E-state index contributed by atoms with van der Waals surface area (Å²) in [5.74, 6) is 0.442. The van der Waals surface area contributed by atoms with Crippen molar-refractivity contribution in [1.82, 2.24) is 19.3 Å². The maximum Gasteiger partial charge on any atom is 0.410 e. The minimum absolute atomic E-state index is 0.101. The van der Waals surface area contributed by atoms with Crippen LogP contribution < -0.4 is 4.74 Å². The summed E-state index contributed by atoms with van der Waals surface area (Å²) in [5.41, 5.74) is 5.45. The predicted octanol–water partition coefficient (Wildman–Crippen LogP) is 5.62. The van der Waals surface area contributed by atoms with E-state index >= 15 is 0 Å². The van der Waals surface area contributed by atoms with E-state index in [9.17, 15) is 14.9 Å². The second kappa shape index (κ2) is 11.4. The van der Waals surface area contributed by atoms with Crippen LogP contribution in [0.2, 0.25) is 0 Å². The fourth-order valence-electron chi connectivity index (χ4n) is 4.90. The summed E-state index contributed by atoms with van der Waals surface area (Å²) in [6.07, 6.45) is 3.30. The zero-order valence-electron chi connectivity index (χ0n) is 23.8. The lowest BCUT2D eigenvalue weighted by atomic mass is 10.0. The second-order valence-electron chi connectivity index (χ2n) is 11.4. The third kappa shape index (κ3) is 6.22. The van der Waals surface area contributed by atoms with Crippen LogP contribution in [0.5, 0.6) is 5.88 Å². The van der Waals surface area contributed by atoms with Gasteiger partial charge >= 0.3 is 6.09 Å². The average molecular weight is 552 g/mol. The fourth-order valence-corrected chi connectivity index (χ4v) is 4.90. The van der Waals surface area contributed by atoms with E-state index in [4.69, 9.17) is 19.4 Å². The number of rotatable bonds is 7. The molecule has 0 spiro atoms. The lowest BCUT2D eigenvalue weighted by molar-refractivity contribution is -0.107. The van der Waals surface area contributed by atoms with Gasteiger partial charge in [0.15, 0.2) is 0 Å². The Morgan fingerprint density at radius 3 is 2.46 bits per heavy atom. The Bertz CT molecular complexity index is 1610. The Morgan fingerprint density at radius 1 is 1.10 bits per heavy atom. The van der Waals surface area contributed by atoms with Crippen molar-refractivity contribution in [2.45, 2.75) is 46.1 Å². The van der Waals surface area contributed by atoms with Crippen molar-refractivity contribution in [3.05, 3.63) is 71.5 Å². The summed E-state index contributed by atoms with van der Waals surface area (Å²) in [7, 11) is 0. The van der Waals surface area contributed by atoms with E-state index < -0.39 is 5.60 Å². The number of aromatic nitrogens is 3. The molecule has 2 aromatic heterocycles.